The second-order valence-electron chi connectivity index (χ2n) is 5.36. The van der Waals surface area contributed by atoms with Gasteiger partial charge in [0, 0.05) is 6.54 Å². The lowest BCUT2D eigenvalue weighted by Gasteiger charge is -2.16. The molecule has 18 heavy (non-hydrogen) atoms. The summed E-state index contributed by atoms with van der Waals surface area (Å²) >= 11 is 0. The average Bonchev–Trinajstić information content (AvgIpc) is 3.11. The van der Waals surface area contributed by atoms with Crippen LogP contribution in [0.1, 0.15) is 25.7 Å². The number of rotatable bonds is 7. The van der Waals surface area contributed by atoms with E-state index in [9.17, 15) is 18.0 Å². The van der Waals surface area contributed by atoms with E-state index in [2.05, 4.69) is 10.6 Å². The van der Waals surface area contributed by atoms with Crippen molar-refractivity contribution in [3.63, 3.8) is 0 Å². The van der Waals surface area contributed by atoms with Gasteiger partial charge < -0.3 is 10.6 Å². The molecule has 2 aliphatic rings. The number of carbonyl (C=O) groups excluding carboxylic acids is 1. The summed E-state index contributed by atoms with van der Waals surface area (Å²) in [7, 11) is 0. The molecule has 0 heterocycles. The van der Waals surface area contributed by atoms with Gasteiger partial charge in [0.1, 0.15) is 0 Å². The number of alkyl halides is 3. The maximum atomic E-state index is 11.9. The average molecular weight is 264 g/mol. The Bertz CT molecular complexity index is 286. The zero-order valence-electron chi connectivity index (χ0n) is 10.2. The van der Waals surface area contributed by atoms with E-state index in [1.54, 1.807) is 0 Å². The first kappa shape index (κ1) is 13.6. The first-order chi connectivity index (χ1) is 8.46. The van der Waals surface area contributed by atoms with E-state index in [1.165, 1.54) is 25.7 Å². The predicted molar refractivity (Wildman–Crippen MR) is 60.9 cm³/mol. The molecule has 1 amide bonds. The Hall–Kier alpha value is -0.780. The molecule has 0 aromatic carbocycles. The monoisotopic (exact) mass is 264 g/mol. The van der Waals surface area contributed by atoms with Gasteiger partial charge in [-0.05, 0) is 43.4 Å². The highest BCUT2D eigenvalue weighted by atomic mass is 19.4. The van der Waals surface area contributed by atoms with Crippen LogP contribution >= 0.6 is 0 Å². The van der Waals surface area contributed by atoms with Crippen molar-refractivity contribution in [2.45, 2.75) is 31.9 Å². The molecule has 0 bridgehead atoms. The summed E-state index contributed by atoms with van der Waals surface area (Å²) in [4.78, 5) is 11.4. The zero-order valence-corrected chi connectivity index (χ0v) is 10.2. The second kappa shape index (κ2) is 5.47. The molecule has 6 heteroatoms. The predicted octanol–water partition coefficient (Wildman–Crippen LogP) is 1.69. The van der Waals surface area contributed by atoms with Gasteiger partial charge in [-0.1, -0.05) is 0 Å². The van der Waals surface area contributed by atoms with Gasteiger partial charge in [0.05, 0.1) is 13.1 Å². The van der Waals surface area contributed by atoms with E-state index < -0.39 is 12.7 Å². The molecule has 2 rings (SSSR count). The van der Waals surface area contributed by atoms with E-state index in [4.69, 9.17) is 0 Å². The quantitative estimate of drug-likeness (QED) is 0.734. The van der Waals surface area contributed by atoms with E-state index in [-0.39, 0.29) is 12.5 Å². The number of carbonyl (C=O) groups is 1. The fourth-order valence-electron chi connectivity index (χ4n) is 2.38. The molecule has 0 radical (unpaired) electrons. The minimum absolute atomic E-state index is 0.262. The number of halogens is 3. The lowest BCUT2D eigenvalue weighted by atomic mass is 9.98. The van der Waals surface area contributed by atoms with Crippen molar-refractivity contribution in [1.29, 1.82) is 0 Å². The van der Waals surface area contributed by atoms with Gasteiger partial charge in [-0.3, -0.25) is 4.79 Å². The Labute approximate surface area is 104 Å². The molecular formula is C12H19F3N2O. The third-order valence-electron chi connectivity index (χ3n) is 3.60. The van der Waals surface area contributed by atoms with E-state index >= 15 is 0 Å². The van der Waals surface area contributed by atoms with Crippen LogP contribution in [0.5, 0.6) is 0 Å². The van der Waals surface area contributed by atoms with Gasteiger partial charge in [0.15, 0.2) is 0 Å². The summed E-state index contributed by atoms with van der Waals surface area (Å²) in [6.07, 6.45) is 0.699. The molecule has 0 aliphatic heterocycles. The van der Waals surface area contributed by atoms with Gasteiger partial charge in [-0.15, -0.1) is 0 Å². The summed E-state index contributed by atoms with van der Waals surface area (Å²) in [5, 5.41) is 4.84. The highest BCUT2D eigenvalue weighted by Gasteiger charge is 2.41. The van der Waals surface area contributed by atoms with Crippen molar-refractivity contribution in [3.05, 3.63) is 0 Å². The van der Waals surface area contributed by atoms with Crippen molar-refractivity contribution < 1.29 is 18.0 Å². The fraction of sp³-hybridized carbons (Fsp3) is 0.917. The highest BCUT2D eigenvalue weighted by molar-refractivity contribution is 5.77. The Kier molecular flexibility index (Phi) is 4.14. The van der Waals surface area contributed by atoms with Gasteiger partial charge in [-0.2, -0.15) is 13.2 Å². The van der Waals surface area contributed by atoms with Crippen LogP contribution in [-0.4, -0.2) is 31.7 Å². The minimum atomic E-state index is -4.26. The van der Waals surface area contributed by atoms with E-state index in [0.717, 1.165) is 11.8 Å². The smallest absolute Gasteiger partial charge is 0.355 e. The summed E-state index contributed by atoms with van der Waals surface area (Å²) in [5.41, 5.74) is 0. The van der Waals surface area contributed by atoms with Crippen molar-refractivity contribution in [1.82, 2.24) is 10.6 Å². The molecule has 2 saturated carbocycles. The molecule has 0 aromatic heterocycles. The number of amides is 1. The summed E-state index contributed by atoms with van der Waals surface area (Å²) in [5.74, 6) is 1.68. The number of nitrogens with one attached hydrogen (secondary N) is 2. The fourth-order valence-corrected chi connectivity index (χ4v) is 2.38. The summed E-state index contributed by atoms with van der Waals surface area (Å²) in [6, 6.07) is 0. The molecule has 0 spiro atoms. The molecule has 2 N–H and O–H groups in total. The first-order valence-corrected chi connectivity index (χ1v) is 6.50. The summed E-state index contributed by atoms with van der Waals surface area (Å²) < 4.78 is 35.6. The van der Waals surface area contributed by atoms with Crippen LogP contribution in [0.25, 0.3) is 0 Å². The molecule has 0 atom stereocenters. The first-order valence-electron chi connectivity index (χ1n) is 6.50. The van der Waals surface area contributed by atoms with E-state index in [0.29, 0.717) is 12.5 Å². The SMILES string of the molecule is O=C(CNCC(F)(F)F)NCC(C1CC1)C1CC1. The Morgan fingerprint density at radius 1 is 1.17 bits per heavy atom. The molecule has 0 saturated heterocycles. The maximum Gasteiger partial charge on any atom is 0.401 e. The molecule has 2 fully saturated rings. The van der Waals surface area contributed by atoms with Crippen molar-refractivity contribution in [2.24, 2.45) is 17.8 Å². The third kappa shape index (κ3) is 4.84. The van der Waals surface area contributed by atoms with Gasteiger partial charge in [0.2, 0.25) is 5.91 Å². The van der Waals surface area contributed by atoms with Crippen LogP contribution < -0.4 is 10.6 Å². The molecular weight excluding hydrogens is 245 g/mol. The van der Waals surface area contributed by atoms with Crippen LogP contribution in [0, 0.1) is 17.8 Å². The topological polar surface area (TPSA) is 41.1 Å². The van der Waals surface area contributed by atoms with Gasteiger partial charge in [0.25, 0.3) is 0 Å². The van der Waals surface area contributed by atoms with Gasteiger partial charge >= 0.3 is 6.18 Å². The lowest BCUT2D eigenvalue weighted by Crippen LogP contribution is -2.40. The highest BCUT2D eigenvalue weighted by Crippen LogP contribution is 2.48. The van der Waals surface area contributed by atoms with Crippen molar-refractivity contribution in [3.8, 4) is 0 Å². The van der Waals surface area contributed by atoms with Crippen molar-refractivity contribution >= 4 is 5.91 Å². The van der Waals surface area contributed by atoms with Crippen LogP contribution in [0.3, 0.4) is 0 Å². The van der Waals surface area contributed by atoms with Crippen LogP contribution in [0.4, 0.5) is 13.2 Å². The molecule has 104 valence electrons. The van der Waals surface area contributed by atoms with Crippen molar-refractivity contribution in [2.75, 3.05) is 19.6 Å². The lowest BCUT2D eigenvalue weighted by molar-refractivity contribution is -0.128. The third-order valence-corrected chi connectivity index (χ3v) is 3.60. The Balaban J connectivity index is 1.59. The van der Waals surface area contributed by atoms with Crippen LogP contribution in [-0.2, 0) is 4.79 Å². The Morgan fingerprint density at radius 3 is 2.17 bits per heavy atom. The Morgan fingerprint density at radius 2 is 1.72 bits per heavy atom. The molecule has 3 nitrogen and oxygen atoms in total. The van der Waals surface area contributed by atoms with Gasteiger partial charge in [-0.25, -0.2) is 0 Å². The summed E-state index contributed by atoms with van der Waals surface area (Å²) in [6.45, 7) is -0.751. The van der Waals surface area contributed by atoms with Crippen LogP contribution in [0.15, 0.2) is 0 Å². The normalized spacial score (nSPS) is 20.2. The molecule has 2 aliphatic carbocycles. The number of hydrogen-bond donors (Lipinski definition) is 2. The number of hydrogen-bond acceptors (Lipinski definition) is 2. The molecule has 0 aromatic rings. The minimum Gasteiger partial charge on any atom is -0.355 e. The van der Waals surface area contributed by atoms with Crippen LogP contribution in [0.2, 0.25) is 0 Å². The second-order valence-corrected chi connectivity index (χ2v) is 5.36. The largest absolute Gasteiger partial charge is 0.401 e. The van der Waals surface area contributed by atoms with E-state index in [1.807, 2.05) is 0 Å². The molecule has 0 unspecified atom stereocenters. The maximum absolute atomic E-state index is 11.9. The standard InChI is InChI=1S/C12H19F3N2O/c13-12(14,15)7-16-6-11(18)17-5-10(8-1-2-8)9-3-4-9/h8-10,16H,1-7H2,(H,17,18). The zero-order chi connectivity index (χ0) is 13.2.